The number of halogens is 1. The quantitative estimate of drug-likeness (QED) is 0.438. The highest BCUT2D eigenvalue weighted by atomic mass is 19.1. The fraction of sp³-hybridized carbons (Fsp3) is 0.393. The van der Waals surface area contributed by atoms with E-state index in [2.05, 4.69) is 31.6 Å². The zero-order valence-electron chi connectivity index (χ0n) is 21.2. The number of nitriles is 1. The summed E-state index contributed by atoms with van der Waals surface area (Å²) < 4.78 is 31.5. The molecule has 9 nitrogen and oxygen atoms in total. The van der Waals surface area contributed by atoms with Crippen molar-refractivity contribution in [2.45, 2.75) is 18.9 Å². The Morgan fingerprint density at radius 2 is 1.95 bits per heavy atom. The van der Waals surface area contributed by atoms with Crippen molar-refractivity contribution in [3.05, 3.63) is 60.0 Å². The lowest BCUT2D eigenvalue weighted by molar-refractivity contribution is 0.0254. The van der Waals surface area contributed by atoms with Crippen LogP contribution in [0.3, 0.4) is 0 Å². The summed E-state index contributed by atoms with van der Waals surface area (Å²) in [6.45, 7) is 6.32. The van der Waals surface area contributed by atoms with Gasteiger partial charge in [0.15, 0.2) is 11.6 Å². The van der Waals surface area contributed by atoms with Gasteiger partial charge in [0.05, 0.1) is 24.5 Å². The molecule has 0 bridgehead atoms. The third-order valence-corrected chi connectivity index (χ3v) is 6.58. The SMILES string of the molecule is N#Cc1cc(-c2ccnc(Nc3ccc(F)c(OCCN4CCNCC4)c3)n2)ccc1OC1CCOCC1. The van der Waals surface area contributed by atoms with Crippen LogP contribution in [0.15, 0.2) is 48.7 Å². The summed E-state index contributed by atoms with van der Waals surface area (Å²) in [5.74, 6) is 0.672. The minimum absolute atomic E-state index is 0.0446. The number of nitrogens with zero attached hydrogens (tertiary/aromatic N) is 4. The van der Waals surface area contributed by atoms with E-state index in [0.717, 1.165) is 51.1 Å². The molecular weight excluding hydrogens is 487 g/mol. The average molecular weight is 519 g/mol. The Morgan fingerprint density at radius 1 is 1.11 bits per heavy atom. The number of anilines is 2. The van der Waals surface area contributed by atoms with Gasteiger partial charge < -0.3 is 24.8 Å². The van der Waals surface area contributed by atoms with Gasteiger partial charge in [0.2, 0.25) is 5.95 Å². The van der Waals surface area contributed by atoms with E-state index >= 15 is 0 Å². The third-order valence-electron chi connectivity index (χ3n) is 6.58. The van der Waals surface area contributed by atoms with Crippen molar-refractivity contribution >= 4 is 11.6 Å². The first kappa shape index (κ1) is 25.9. The number of benzene rings is 2. The largest absolute Gasteiger partial charge is 0.489 e. The van der Waals surface area contributed by atoms with Gasteiger partial charge in [0, 0.05) is 69.1 Å². The van der Waals surface area contributed by atoms with E-state index in [1.807, 2.05) is 12.1 Å². The lowest BCUT2D eigenvalue weighted by Crippen LogP contribution is -2.44. The first-order chi connectivity index (χ1) is 18.7. The highest BCUT2D eigenvalue weighted by molar-refractivity contribution is 5.66. The zero-order chi connectivity index (χ0) is 26.2. The van der Waals surface area contributed by atoms with Crippen molar-refractivity contribution < 1.29 is 18.6 Å². The molecule has 3 aromatic rings. The standard InChI is InChI=1S/C28H31FN6O3/c29-24-3-2-22(18-27(24)37-16-13-35-11-9-31-10-12-35)33-28-32-8-5-25(34-28)20-1-4-26(21(17-20)19-30)38-23-6-14-36-15-7-23/h1-5,8,17-18,23,31H,6-7,9-16H2,(H,32,33,34). The molecule has 2 aliphatic rings. The maximum absolute atomic E-state index is 14.4. The highest BCUT2D eigenvalue weighted by Gasteiger charge is 2.18. The lowest BCUT2D eigenvalue weighted by atomic mass is 10.1. The number of hydrogen-bond donors (Lipinski definition) is 2. The molecule has 0 unspecified atom stereocenters. The van der Waals surface area contributed by atoms with Crippen LogP contribution in [-0.4, -0.2) is 73.5 Å². The Hall–Kier alpha value is -3.78. The number of hydrogen-bond acceptors (Lipinski definition) is 9. The molecule has 2 fully saturated rings. The summed E-state index contributed by atoms with van der Waals surface area (Å²) in [6, 6.07) is 14.0. The van der Waals surface area contributed by atoms with Gasteiger partial charge in [-0.15, -0.1) is 0 Å². The summed E-state index contributed by atoms with van der Waals surface area (Å²) in [4.78, 5) is 11.2. The summed E-state index contributed by atoms with van der Waals surface area (Å²) in [7, 11) is 0. The van der Waals surface area contributed by atoms with Gasteiger partial charge in [0.1, 0.15) is 24.5 Å². The molecule has 0 amide bonds. The van der Waals surface area contributed by atoms with Crippen molar-refractivity contribution in [3.63, 3.8) is 0 Å². The lowest BCUT2D eigenvalue weighted by Gasteiger charge is -2.26. The fourth-order valence-electron chi connectivity index (χ4n) is 4.47. The molecule has 0 atom stereocenters. The van der Waals surface area contributed by atoms with Gasteiger partial charge in [-0.25, -0.2) is 14.4 Å². The van der Waals surface area contributed by atoms with Crippen LogP contribution in [-0.2, 0) is 4.74 Å². The van der Waals surface area contributed by atoms with Crippen molar-refractivity contribution in [3.8, 4) is 28.8 Å². The van der Waals surface area contributed by atoms with Gasteiger partial charge >= 0.3 is 0 Å². The maximum atomic E-state index is 14.4. The van der Waals surface area contributed by atoms with Crippen LogP contribution in [0, 0.1) is 17.1 Å². The Labute approximate surface area is 221 Å². The predicted octanol–water partition coefficient (Wildman–Crippen LogP) is 3.74. The second kappa shape index (κ2) is 12.6. The molecule has 0 spiro atoms. The molecule has 0 aliphatic carbocycles. The molecule has 198 valence electrons. The summed E-state index contributed by atoms with van der Waals surface area (Å²) in [5, 5.41) is 16.1. The topological polar surface area (TPSA) is 105 Å². The van der Waals surface area contributed by atoms with Crippen LogP contribution < -0.4 is 20.1 Å². The van der Waals surface area contributed by atoms with E-state index in [9.17, 15) is 9.65 Å². The average Bonchev–Trinajstić information content (AvgIpc) is 2.96. The van der Waals surface area contributed by atoms with Crippen molar-refractivity contribution in [2.75, 3.05) is 57.9 Å². The van der Waals surface area contributed by atoms with Crippen LogP contribution >= 0.6 is 0 Å². The van der Waals surface area contributed by atoms with E-state index < -0.39 is 5.82 Å². The van der Waals surface area contributed by atoms with Gasteiger partial charge in [0.25, 0.3) is 0 Å². The zero-order valence-corrected chi connectivity index (χ0v) is 21.2. The van der Waals surface area contributed by atoms with Crippen LogP contribution in [0.25, 0.3) is 11.3 Å². The van der Waals surface area contributed by atoms with Crippen molar-refractivity contribution in [2.24, 2.45) is 0 Å². The number of ether oxygens (including phenoxy) is 3. The third kappa shape index (κ3) is 6.75. The molecule has 0 saturated carbocycles. The molecule has 1 aromatic heterocycles. The van der Waals surface area contributed by atoms with E-state index in [4.69, 9.17) is 14.2 Å². The molecule has 2 aromatic carbocycles. The number of aromatic nitrogens is 2. The van der Waals surface area contributed by atoms with Gasteiger partial charge in [-0.3, -0.25) is 4.90 Å². The van der Waals surface area contributed by atoms with Crippen molar-refractivity contribution in [1.82, 2.24) is 20.2 Å². The first-order valence-electron chi connectivity index (χ1n) is 12.9. The minimum atomic E-state index is -0.419. The summed E-state index contributed by atoms with van der Waals surface area (Å²) in [5.41, 5.74) is 2.47. The van der Waals surface area contributed by atoms with E-state index in [1.165, 1.54) is 6.07 Å². The highest BCUT2D eigenvalue weighted by Crippen LogP contribution is 2.29. The van der Waals surface area contributed by atoms with Gasteiger partial charge in [-0.2, -0.15) is 5.26 Å². The van der Waals surface area contributed by atoms with E-state index in [-0.39, 0.29) is 11.9 Å². The number of piperazine rings is 1. The van der Waals surface area contributed by atoms with E-state index in [0.29, 0.717) is 48.5 Å². The molecule has 38 heavy (non-hydrogen) atoms. The fourth-order valence-corrected chi connectivity index (χ4v) is 4.47. The Kier molecular flexibility index (Phi) is 8.60. The van der Waals surface area contributed by atoms with Gasteiger partial charge in [-0.05, 0) is 36.4 Å². The molecule has 5 rings (SSSR count). The minimum Gasteiger partial charge on any atom is -0.489 e. The van der Waals surface area contributed by atoms with E-state index in [1.54, 1.807) is 30.5 Å². The second-order valence-electron chi connectivity index (χ2n) is 9.23. The second-order valence-corrected chi connectivity index (χ2v) is 9.23. The molecule has 2 saturated heterocycles. The number of nitrogens with one attached hydrogen (secondary N) is 2. The molecule has 10 heteroatoms. The monoisotopic (exact) mass is 518 g/mol. The van der Waals surface area contributed by atoms with Crippen molar-refractivity contribution in [1.29, 1.82) is 5.26 Å². The molecular formula is C28H31FN6O3. The molecule has 2 N–H and O–H groups in total. The summed E-state index contributed by atoms with van der Waals surface area (Å²) >= 11 is 0. The molecule has 2 aliphatic heterocycles. The Bertz CT molecular complexity index is 1270. The Balaban J connectivity index is 1.25. The van der Waals surface area contributed by atoms with Crippen LogP contribution in [0.4, 0.5) is 16.0 Å². The van der Waals surface area contributed by atoms with Crippen LogP contribution in [0.1, 0.15) is 18.4 Å². The summed E-state index contributed by atoms with van der Waals surface area (Å²) in [6.07, 6.45) is 3.29. The van der Waals surface area contributed by atoms with Crippen LogP contribution in [0.5, 0.6) is 11.5 Å². The normalized spacial score (nSPS) is 16.5. The molecule has 3 heterocycles. The van der Waals surface area contributed by atoms with Crippen LogP contribution in [0.2, 0.25) is 0 Å². The Morgan fingerprint density at radius 3 is 2.76 bits per heavy atom. The molecule has 0 radical (unpaired) electrons. The number of rotatable bonds is 9. The smallest absolute Gasteiger partial charge is 0.227 e. The first-order valence-corrected chi connectivity index (χ1v) is 12.9. The predicted molar refractivity (Wildman–Crippen MR) is 141 cm³/mol. The maximum Gasteiger partial charge on any atom is 0.227 e. The van der Waals surface area contributed by atoms with Gasteiger partial charge in [-0.1, -0.05) is 0 Å².